The van der Waals surface area contributed by atoms with Crippen LogP contribution < -0.4 is 4.74 Å². The van der Waals surface area contributed by atoms with E-state index in [1.54, 1.807) is 30.5 Å². The molecule has 0 saturated carbocycles. The molecule has 0 aliphatic carbocycles. The first-order valence-corrected chi connectivity index (χ1v) is 6.00. The van der Waals surface area contributed by atoms with Gasteiger partial charge in [-0.15, -0.1) is 0 Å². The van der Waals surface area contributed by atoms with Gasteiger partial charge in [0.05, 0.1) is 29.4 Å². The Bertz CT molecular complexity index is 748. The Morgan fingerprint density at radius 1 is 1.38 bits per heavy atom. The van der Waals surface area contributed by atoms with Gasteiger partial charge in [0, 0.05) is 30.0 Å². The number of pyridine rings is 1. The van der Waals surface area contributed by atoms with Gasteiger partial charge in [0.1, 0.15) is 5.75 Å². The molecule has 0 radical (unpaired) electrons. The first kappa shape index (κ1) is 14.2. The van der Waals surface area contributed by atoms with Gasteiger partial charge in [0.25, 0.3) is 5.69 Å². The van der Waals surface area contributed by atoms with Gasteiger partial charge in [-0.1, -0.05) is 6.07 Å². The molecule has 0 aliphatic heterocycles. The number of methoxy groups -OCH3 is 1. The Balaban J connectivity index is 2.51. The van der Waals surface area contributed by atoms with Crippen molar-refractivity contribution in [1.82, 2.24) is 4.98 Å². The number of hydrogen-bond acceptors (Lipinski definition) is 5. The van der Waals surface area contributed by atoms with Crippen LogP contribution in [-0.4, -0.2) is 17.0 Å². The summed E-state index contributed by atoms with van der Waals surface area (Å²) in [5.74, 6) is 0.621. The summed E-state index contributed by atoms with van der Waals surface area (Å²) in [7, 11) is 1.54. The minimum absolute atomic E-state index is 0.0800. The van der Waals surface area contributed by atoms with Crippen LogP contribution in [0.15, 0.2) is 42.6 Å². The van der Waals surface area contributed by atoms with E-state index in [0.29, 0.717) is 22.6 Å². The second kappa shape index (κ2) is 6.30. The minimum Gasteiger partial charge on any atom is -0.497 e. The van der Waals surface area contributed by atoms with E-state index < -0.39 is 4.92 Å². The monoisotopic (exact) mass is 281 g/mol. The maximum absolute atomic E-state index is 11.1. The van der Waals surface area contributed by atoms with E-state index in [9.17, 15) is 10.1 Å². The van der Waals surface area contributed by atoms with Gasteiger partial charge in [0.2, 0.25) is 0 Å². The number of nitro benzene ring substituents is 1. The van der Waals surface area contributed by atoms with Crippen LogP contribution in [0.2, 0.25) is 0 Å². The van der Waals surface area contributed by atoms with Crippen molar-refractivity contribution in [3.05, 3.63) is 58.3 Å². The second-order valence-electron chi connectivity index (χ2n) is 4.07. The number of aromatic nitrogens is 1. The zero-order chi connectivity index (χ0) is 15.2. The normalized spacial score (nSPS) is 10.3. The van der Waals surface area contributed by atoms with Gasteiger partial charge in [-0.05, 0) is 18.2 Å². The zero-order valence-corrected chi connectivity index (χ0v) is 11.2. The molecule has 0 atom stereocenters. The standard InChI is InChI=1S/C15H11N3O3/c1-21-13-6-8-17-14(10-13)12-5-4-11(3-2-7-16)15(9-12)18(19)20/h2-6,8-10H,1H3/b3-2+. The van der Waals surface area contributed by atoms with E-state index in [1.165, 1.54) is 25.3 Å². The minimum atomic E-state index is -0.485. The maximum Gasteiger partial charge on any atom is 0.277 e. The number of hydrogen-bond donors (Lipinski definition) is 0. The van der Waals surface area contributed by atoms with Crippen molar-refractivity contribution in [1.29, 1.82) is 5.26 Å². The van der Waals surface area contributed by atoms with E-state index in [-0.39, 0.29) is 5.69 Å². The third-order valence-electron chi connectivity index (χ3n) is 2.83. The fourth-order valence-electron chi connectivity index (χ4n) is 1.83. The molecule has 0 N–H and O–H groups in total. The summed E-state index contributed by atoms with van der Waals surface area (Å²) >= 11 is 0. The number of rotatable bonds is 4. The lowest BCUT2D eigenvalue weighted by Gasteiger charge is -2.05. The topological polar surface area (TPSA) is 89.0 Å². The summed E-state index contributed by atoms with van der Waals surface area (Å²) < 4.78 is 5.11. The summed E-state index contributed by atoms with van der Waals surface area (Å²) in [6, 6.07) is 9.94. The third kappa shape index (κ3) is 3.22. The lowest BCUT2D eigenvalue weighted by Crippen LogP contribution is -1.93. The van der Waals surface area contributed by atoms with Gasteiger partial charge in [-0.3, -0.25) is 15.1 Å². The highest BCUT2D eigenvalue weighted by Crippen LogP contribution is 2.28. The van der Waals surface area contributed by atoms with Gasteiger partial charge in [-0.2, -0.15) is 5.26 Å². The summed E-state index contributed by atoms with van der Waals surface area (Å²) in [5, 5.41) is 19.7. The Hall–Kier alpha value is -3.20. The highest BCUT2D eigenvalue weighted by atomic mass is 16.6. The quantitative estimate of drug-likeness (QED) is 0.487. The molecule has 0 fully saturated rings. The molecule has 104 valence electrons. The van der Waals surface area contributed by atoms with Gasteiger partial charge in [0.15, 0.2) is 0 Å². The van der Waals surface area contributed by atoms with Crippen molar-refractivity contribution < 1.29 is 9.66 Å². The highest BCUT2D eigenvalue weighted by Gasteiger charge is 2.14. The SMILES string of the molecule is COc1ccnc(-c2ccc(/C=C/C#N)c([N+](=O)[O-])c2)c1. The number of nitriles is 1. The Morgan fingerprint density at radius 2 is 2.19 bits per heavy atom. The van der Waals surface area contributed by atoms with Crippen LogP contribution in [-0.2, 0) is 0 Å². The average Bonchev–Trinajstić information content (AvgIpc) is 2.52. The van der Waals surface area contributed by atoms with Crippen LogP contribution in [0, 0.1) is 21.4 Å². The molecule has 21 heavy (non-hydrogen) atoms. The molecular weight excluding hydrogens is 270 g/mol. The molecular formula is C15H11N3O3. The van der Waals surface area contributed by atoms with Crippen LogP contribution in [0.3, 0.4) is 0 Å². The van der Waals surface area contributed by atoms with Crippen molar-refractivity contribution in [2.45, 2.75) is 0 Å². The molecule has 0 aliphatic rings. The number of nitro groups is 1. The lowest BCUT2D eigenvalue weighted by atomic mass is 10.1. The predicted octanol–water partition coefficient (Wildman–Crippen LogP) is 3.20. The fourth-order valence-corrected chi connectivity index (χ4v) is 1.83. The predicted molar refractivity (Wildman–Crippen MR) is 77.5 cm³/mol. The van der Waals surface area contributed by atoms with Crippen molar-refractivity contribution in [2.75, 3.05) is 7.11 Å². The molecule has 0 saturated heterocycles. The molecule has 0 spiro atoms. The van der Waals surface area contributed by atoms with E-state index in [0.717, 1.165) is 0 Å². The van der Waals surface area contributed by atoms with E-state index in [4.69, 9.17) is 10.00 Å². The van der Waals surface area contributed by atoms with Crippen LogP contribution in [0.4, 0.5) is 5.69 Å². The number of nitrogens with zero attached hydrogens (tertiary/aromatic N) is 3. The van der Waals surface area contributed by atoms with Gasteiger partial charge >= 0.3 is 0 Å². The van der Waals surface area contributed by atoms with E-state index in [1.807, 2.05) is 6.07 Å². The maximum atomic E-state index is 11.1. The molecule has 6 heteroatoms. The lowest BCUT2D eigenvalue weighted by molar-refractivity contribution is -0.385. The molecule has 1 aromatic heterocycles. The van der Waals surface area contributed by atoms with Crippen LogP contribution >= 0.6 is 0 Å². The van der Waals surface area contributed by atoms with Gasteiger partial charge in [-0.25, -0.2) is 0 Å². The summed E-state index contributed by atoms with van der Waals surface area (Å²) in [6.45, 7) is 0. The molecule has 2 rings (SSSR count). The fraction of sp³-hybridized carbons (Fsp3) is 0.0667. The molecule has 2 aromatic rings. The van der Waals surface area contributed by atoms with Crippen LogP contribution in [0.25, 0.3) is 17.3 Å². The molecule has 0 bridgehead atoms. The number of allylic oxidation sites excluding steroid dienone is 1. The van der Waals surface area contributed by atoms with Crippen molar-refractivity contribution in [2.24, 2.45) is 0 Å². The largest absolute Gasteiger partial charge is 0.497 e. The molecule has 0 amide bonds. The van der Waals surface area contributed by atoms with Crippen molar-refractivity contribution >= 4 is 11.8 Å². The highest BCUT2D eigenvalue weighted by molar-refractivity contribution is 5.71. The molecule has 1 heterocycles. The van der Waals surface area contributed by atoms with Gasteiger partial charge < -0.3 is 4.74 Å². The molecule has 6 nitrogen and oxygen atoms in total. The zero-order valence-electron chi connectivity index (χ0n) is 11.2. The smallest absolute Gasteiger partial charge is 0.277 e. The van der Waals surface area contributed by atoms with Crippen LogP contribution in [0.5, 0.6) is 5.75 Å². The first-order valence-electron chi connectivity index (χ1n) is 6.00. The second-order valence-corrected chi connectivity index (χ2v) is 4.07. The number of ether oxygens (including phenoxy) is 1. The Labute approximate surface area is 121 Å². The van der Waals surface area contributed by atoms with E-state index >= 15 is 0 Å². The summed E-state index contributed by atoms with van der Waals surface area (Å²) in [5.41, 5.74) is 1.47. The molecule has 1 aromatic carbocycles. The van der Waals surface area contributed by atoms with Crippen molar-refractivity contribution in [3.63, 3.8) is 0 Å². The summed E-state index contributed by atoms with van der Waals surface area (Å²) in [6.07, 6.45) is 4.18. The van der Waals surface area contributed by atoms with Crippen LogP contribution in [0.1, 0.15) is 5.56 Å². The Kier molecular flexibility index (Phi) is 4.26. The third-order valence-corrected chi connectivity index (χ3v) is 2.83. The van der Waals surface area contributed by atoms with E-state index in [2.05, 4.69) is 4.98 Å². The first-order chi connectivity index (χ1) is 10.2. The Morgan fingerprint density at radius 3 is 2.86 bits per heavy atom. The van der Waals surface area contributed by atoms with Crippen molar-refractivity contribution in [3.8, 4) is 23.1 Å². The number of benzene rings is 1. The average molecular weight is 281 g/mol. The molecule has 0 unspecified atom stereocenters. The summed E-state index contributed by atoms with van der Waals surface area (Å²) in [4.78, 5) is 14.8.